The van der Waals surface area contributed by atoms with Gasteiger partial charge in [-0.15, -0.1) is 21.8 Å². The van der Waals surface area contributed by atoms with Crippen LogP contribution in [0.5, 0.6) is 0 Å². The van der Waals surface area contributed by atoms with Crippen LogP contribution >= 0.6 is 27.5 Å². The maximum atomic E-state index is 5.74. The minimum atomic E-state index is 0.383. The van der Waals surface area contributed by atoms with Gasteiger partial charge < -0.3 is 4.57 Å². The third-order valence-corrected chi connectivity index (χ3v) is 2.79. The van der Waals surface area contributed by atoms with Gasteiger partial charge in [-0.2, -0.15) is 0 Å². The summed E-state index contributed by atoms with van der Waals surface area (Å²) in [5.74, 6) is 1.17. The number of halogens is 2. The number of aromatic nitrogens is 3. The molecule has 0 unspecified atom stereocenters. The van der Waals surface area contributed by atoms with Crippen molar-refractivity contribution in [3.05, 3.63) is 46.5 Å². The van der Waals surface area contributed by atoms with Crippen molar-refractivity contribution >= 4 is 27.5 Å². The summed E-state index contributed by atoms with van der Waals surface area (Å²) >= 11 is 9.17. The lowest BCUT2D eigenvalue weighted by Gasteiger charge is -2.04. The molecule has 0 N–H and O–H groups in total. The molecule has 78 valence electrons. The topological polar surface area (TPSA) is 30.7 Å². The van der Waals surface area contributed by atoms with Crippen molar-refractivity contribution in [2.45, 2.75) is 12.4 Å². The maximum Gasteiger partial charge on any atom is 0.148 e. The van der Waals surface area contributed by atoms with Crippen molar-refractivity contribution in [1.29, 1.82) is 0 Å². The van der Waals surface area contributed by atoms with E-state index in [2.05, 4.69) is 38.3 Å². The highest BCUT2D eigenvalue weighted by Gasteiger charge is 2.03. The van der Waals surface area contributed by atoms with Crippen molar-refractivity contribution in [2.75, 3.05) is 0 Å². The van der Waals surface area contributed by atoms with Gasteiger partial charge in [0.25, 0.3) is 0 Å². The highest BCUT2D eigenvalue weighted by atomic mass is 79.9. The maximum absolute atomic E-state index is 5.74. The molecular weight excluding hydrogens is 277 g/mol. The molecule has 0 bridgehead atoms. The molecule has 2 aromatic rings. The zero-order chi connectivity index (χ0) is 10.7. The van der Waals surface area contributed by atoms with Gasteiger partial charge in [0, 0.05) is 4.47 Å². The Balaban J connectivity index is 2.22. The number of hydrogen-bond donors (Lipinski definition) is 0. The number of rotatable bonds is 3. The van der Waals surface area contributed by atoms with Crippen LogP contribution in [0.4, 0.5) is 0 Å². The fraction of sp³-hybridized carbons (Fsp3) is 0.200. The Bertz CT molecular complexity index is 455. The standard InChI is InChI=1S/C10H9BrClN3/c11-9-3-1-2-8(4-9)6-15-7-13-14-10(15)5-12/h1-4,7H,5-6H2. The van der Waals surface area contributed by atoms with E-state index in [1.807, 2.05) is 16.7 Å². The normalized spacial score (nSPS) is 10.5. The lowest BCUT2D eigenvalue weighted by molar-refractivity contribution is 0.754. The zero-order valence-corrected chi connectivity index (χ0v) is 10.2. The van der Waals surface area contributed by atoms with Crippen LogP contribution < -0.4 is 0 Å². The van der Waals surface area contributed by atoms with Crippen molar-refractivity contribution < 1.29 is 0 Å². The minimum absolute atomic E-state index is 0.383. The Kier molecular flexibility index (Phi) is 3.38. The van der Waals surface area contributed by atoms with E-state index in [1.54, 1.807) is 6.33 Å². The molecule has 0 aliphatic rings. The Morgan fingerprint density at radius 1 is 1.40 bits per heavy atom. The van der Waals surface area contributed by atoms with Crippen LogP contribution in [0.1, 0.15) is 11.4 Å². The first kappa shape index (κ1) is 10.6. The van der Waals surface area contributed by atoms with Gasteiger partial charge in [-0.05, 0) is 17.7 Å². The van der Waals surface area contributed by atoms with Gasteiger partial charge >= 0.3 is 0 Å². The summed E-state index contributed by atoms with van der Waals surface area (Å²) in [4.78, 5) is 0. The van der Waals surface area contributed by atoms with Crippen molar-refractivity contribution in [3.8, 4) is 0 Å². The summed E-state index contributed by atoms with van der Waals surface area (Å²) in [6, 6.07) is 8.13. The Labute approximate surface area is 101 Å². The second-order valence-electron chi connectivity index (χ2n) is 3.14. The van der Waals surface area contributed by atoms with E-state index in [1.165, 1.54) is 5.56 Å². The number of hydrogen-bond acceptors (Lipinski definition) is 2. The second-order valence-corrected chi connectivity index (χ2v) is 4.32. The van der Waals surface area contributed by atoms with Crippen LogP contribution in [-0.2, 0) is 12.4 Å². The number of alkyl halides is 1. The Morgan fingerprint density at radius 2 is 2.27 bits per heavy atom. The average Bonchev–Trinajstić information content (AvgIpc) is 2.65. The molecule has 0 aliphatic carbocycles. The number of nitrogens with zero attached hydrogens (tertiary/aromatic N) is 3. The van der Waals surface area contributed by atoms with Gasteiger partial charge in [-0.1, -0.05) is 28.1 Å². The average molecular weight is 287 g/mol. The molecule has 0 aliphatic heterocycles. The molecule has 1 aromatic carbocycles. The smallest absolute Gasteiger partial charge is 0.148 e. The van der Waals surface area contributed by atoms with Gasteiger partial charge in [0.15, 0.2) is 0 Å². The van der Waals surface area contributed by atoms with E-state index in [9.17, 15) is 0 Å². The van der Waals surface area contributed by atoms with Gasteiger partial charge in [-0.25, -0.2) is 0 Å². The van der Waals surface area contributed by atoms with Gasteiger partial charge in [-0.3, -0.25) is 0 Å². The molecule has 3 nitrogen and oxygen atoms in total. The molecule has 0 spiro atoms. The molecule has 0 amide bonds. The van der Waals surface area contributed by atoms with Crippen LogP contribution in [0.3, 0.4) is 0 Å². The van der Waals surface area contributed by atoms with E-state index >= 15 is 0 Å². The molecular formula is C10H9BrClN3. The van der Waals surface area contributed by atoms with Gasteiger partial charge in [0.05, 0.1) is 12.4 Å². The van der Waals surface area contributed by atoms with Crippen molar-refractivity contribution in [2.24, 2.45) is 0 Å². The largest absolute Gasteiger partial charge is 0.312 e. The molecule has 0 saturated heterocycles. The quantitative estimate of drug-likeness (QED) is 0.812. The first-order chi connectivity index (χ1) is 7.29. The predicted octanol–water partition coefficient (Wildman–Crippen LogP) is 2.83. The van der Waals surface area contributed by atoms with Crippen LogP contribution in [0, 0.1) is 0 Å². The summed E-state index contributed by atoms with van der Waals surface area (Å²) in [6.45, 7) is 0.745. The van der Waals surface area contributed by atoms with Crippen LogP contribution in [0.2, 0.25) is 0 Å². The van der Waals surface area contributed by atoms with E-state index in [-0.39, 0.29) is 0 Å². The highest BCUT2D eigenvalue weighted by molar-refractivity contribution is 9.10. The molecule has 0 saturated carbocycles. The molecule has 0 atom stereocenters. The SMILES string of the molecule is ClCc1nncn1Cc1cccc(Br)c1. The summed E-state index contributed by atoms with van der Waals surface area (Å²) < 4.78 is 3.01. The molecule has 15 heavy (non-hydrogen) atoms. The van der Waals surface area contributed by atoms with E-state index in [0.717, 1.165) is 16.8 Å². The highest BCUT2D eigenvalue weighted by Crippen LogP contribution is 2.13. The first-order valence-corrected chi connectivity index (χ1v) is 5.79. The number of benzene rings is 1. The molecule has 0 fully saturated rings. The van der Waals surface area contributed by atoms with Gasteiger partial charge in [0.1, 0.15) is 12.2 Å². The summed E-state index contributed by atoms with van der Waals surface area (Å²) in [6.07, 6.45) is 1.69. The predicted molar refractivity (Wildman–Crippen MR) is 62.8 cm³/mol. The fourth-order valence-corrected chi connectivity index (χ4v) is 2.00. The van der Waals surface area contributed by atoms with Gasteiger partial charge in [0.2, 0.25) is 0 Å². The zero-order valence-electron chi connectivity index (χ0n) is 7.90. The third kappa shape index (κ3) is 2.58. The monoisotopic (exact) mass is 285 g/mol. The minimum Gasteiger partial charge on any atom is -0.312 e. The summed E-state index contributed by atoms with van der Waals surface area (Å²) in [7, 11) is 0. The molecule has 1 heterocycles. The Morgan fingerprint density at radius 3 is 3.00 bits per heavy atom. The van der Waals surface area contributed by atoms with E-state index < -0.39 is 0 Å². The van der Waals surface area contributed by atoms with E-state index in [4.69, 9.17) is 11.6 Å². The van der Waals surface area contributed by atoms with Crippen LogP contribution in [0.15, 0.2) is 35.1 Å². The molecule has 2 rings (SSSR count). The summed E-state index contributed by atoms with van der Waals surface area (Å²) in [5, 5.41) is 7.75. The van der Waals surface area contributed by atoms with E-state index in [0.29, 0.717) is 5.88 Å². The van der Waals surface area contributed by atoms with Crippen molar-refractivity contribution in [1.82, 2.24) is 14.8 Å². The first-order valence-electron chi connectivity index (χ1n) is 4.46. The third-order valence-electron chi connectivity index (χ3n) is 2.06. The molecule has 5 heteroatoms. The fourth-order valence-electron chi connectivity index (χ4n) is 1.35. The second kappa shape index (κ2) is 4.77. The summed E-state index contributed by atoms with van der Waals surface area (Å²) in [5.41, 5.74) is 1.19. The van der Waals surface area contributed by atoms with Crippen molar-refractivity contribution in [3.63, 3.8) is 0 Å². The van der Waals surface area contributed by atoms with Crippen LogP contribution in [-0.4, -0.2) is 14.8 Å². The Hall–Kier alpha value is -0.870. The lowest BCUT2D eigenvalue weighted by Crippen LogP contribution is -2.02. The lowest BCUT2D eigenvalue weighted by atomic mass is 10.2. The molecule has 0 radical (unpaired) electrons. The molecule has 1 aromatic heterocycles. The van der Waals surface area contributed by atoms with Crippen LogP contribution in [0.25, 0.3) is 0 Å².